The third-order valence-corrected chi connectivity index (χ3v) is 8.66. The van der Waals surface area contributed by atoms with Crippen molar-refractivity contribution >= 4 is 33.4 Å². The third-order valence-electron chi connectivity index (χ3n) is 7.49. The number of aryl methyl sites for hydroxylation is 2. The largest absolute Gasteiger partial charge is 0.338 e. The average molecular weight is 493 g/mol. The zero-order valence-electron chi connectivity index (χ0n) is 20.7. The van der Waals surface area contributed by atoms with Crippen molar-refractivity contribution in [3.05, 3.63) is 62.5 Å². The molecule has 2 amide bonds. The summed E-state index contributed by atoms with van der Waals surface area (Å²) in [7, 11) is 0. The predicted octanol–water partition coefficient (Wildman–Crippen LogP) is 3.76. The van der Waals surface area contributed by atoms with Gasteiger partial charge in [-0.3, -0.25) is 19.0 Å². The standard InChI is InChI=1S/C27H32N4O3S/c1-18-21-23(28-20-12-8-5-9-13-31(20)24(21)32)35-22(18)25(33)29-14-16-30(17-15-29)26(34)27(2,3)19-10-6-4-7-11-19/h4,6-7,10-11H,5,8-9,12-17H2,1-3H3. The Morgan fingerprint density at radius 2 is 1.63 bits per heavy atom. The number of hydrogen-bond acceptors (Lipinski definition) is 5. The summed E-state index contributed by atoms with van der Waals surface area (Å²) in [4.78, 5) is 49.7. The van der Waals surface area contributed by atoms with Crippen LogP contribution >= 0.6 is 11.3 Å². The first-order chi connectivity index (χ1) is 16.8. The van der Waals surface area contributed by atoms with Gasteiger partial charge in [-0.25, -0.2) is 4.98 Å². The van der Waals surface area contributed by atoms with Crippen molar-refractivity contribution in [3.8, 4) is 0 Å². The number of benzene rings is 1. The lowest BCUT2D eigenvalue weighted by atomic mass is 9.83. The maximum Gasteiger partial charge on any atom is 0.264 e. The lowest BCUT2D eigenvalue weighted by Gasteiger charge is -2.38. The Morgan fingerprint density at radius 3 is 2.34 bits per heavy atom. The zero-order valence-corrected chi connectivity index (χ0v) is 21.5. The molecule has 0 radical (unpaired) electrons. The fraction of sp³-hybridized carbons (Fsp3) is 0.481. The van der Waals surface area contributed by atoms with Gasteiger partial charge in [-0.2, -0.15) is 0 Å². The van der Waals surface area contributed by atoms with Crippen molar-refractivity contribution in [3.63, 3.8) is 0 Å². The lowest BCUT2D eigenvalue weighted by Crippen LogP contribution is -2.54. The fourth-order valence-corrected chi connectivity index (χ4v) is 6.40. The Hall–Kier alpha value is -3.00. The van der Waals surface area contributed by atoms with Crippen LogP contribution in [0.15, 0.2) is 35.1 Å². The fourth-order valence-electron chi connectivity index (χ4n) is 5.24. The molecule has 5 rings (SSSR count). The van der Waals surface area contributed by atoms with E-state index in [1.807, 2.05) is 60.6 Å². The summed E-state index contributed by atoms with van der Waals surface area (Å²) in [6, 6.07) is 9.82. The maximum atomic E-state index is 13.5. The molecule has 8 heteroatoms. The van der Waals surface area contributed by atoms with Crippen molar-refractivity contribution in [1.29, 1.82) is 0 Å². The molecule has 35 heavy (non-hydrogen) atoms. The highest BCUT2D eigenvalue weighted by Gasteiger charge is 2.36. The molecule has 2 aromatic heterocycles. The van der Waals surface area contributed by atoms with Crippen LogP contribution < -0.4 is 5.56 Å². The first-order valence-electron chi connectivity index (χ1n) is 12.5. The third kappa shape index (κ3) is 4.18. The van der Waals surface area contributed by atoms with Crippen LogP contribution in [0.25, 0.3) is 10.2 Å². The number of fused-ring (bicyclic) bond motifs is 2. The molecule has 1 saturated heterocycles. The molecule has 2 aliphatic heterocycles. The van der Waals surface area contributed by atoms with E-state index in [1.54, 1.807) is 4.90 Å². The average Bonchev–Trinajstić information content (AvgIpc) is 3.03. The van der Waals surface area contributed by atoms with Crippen LogP contribution in [0.1, 0.15) is 59.7 Å². The summed E-state index contributed by atoms with van der Waals surface area (Å²) in [5.41, 5.74) is 1.08. The second-order valence-corrected chi connectivity index (χ2v) is 11.1. The van der Waals surface area contributed by atoms with Crippen molar-refractivity contribution in [2.24, 2.45) is 0 Å². The van der Waals surface area contributed by atoms with E-state index in [9.17, 15) is 14.4 Å². The number of carbonyl (C=O) groups excluding carboxylic acids is 2. The summed E-state index contributed by atoms with van der Waals surface area (Å²) < 4.78 is 1.81. The van der Waals surface area contributed by atoms with Crippen LogP contribution in [-0.2, 0) is 23.2 Å². The second kappa shape index (κ2) is 9.22. The molecular weight excluding hydrogens is 460 g/mol. The SMILES string of the molecule is Cc1c(C(=O)N2CCN(C(=O)C(C)(C)c3ccccc3)CC2)sc2nc3n(c(=O)c12)CCCCC3. The van der Waals surface area contributed by atoms with Gasteiger partial charge in [0.2, 0.25) is 5.91 Å². The molecule has 0 atom stereocenters. The molecule has 3 aromatic rings. The maximum absolute atomic E-state index is 13.5. The molecule has 2 aliphatic rings. The van der Waals surface area contributed by atoms with E-state index in [1.165, 1.54) is 11.3 Å². The zero-order chi connectivity index (χ0) is 24.7. The van der Waals surface area contributed by atoms with E-state index >= 15 is 0 Å². The first-order valence-corrected chi connectivity index (χ1v) is 13.3. The Bertz CT molecular complexity index is 1330. The first kappa shape index (κ1) is 23.7. The Kier molecular flexibility index (Phi) is 6.25. The van der Waals surface area contributed by atoms with Crippen molar-refractivity contribution < 1.29 is 9.59 Å². The van der Waals surface area contributed by atoms with Gasteiger partial charge >= 0.3 is 0 Å². The Balaban J connectivity index is 1.34. The van der Waals surface area contributed by atoms with Gasteiger partial charge in [0.25, 0.3) is 11.5 Å². The molecule has 0 unspecified atom stereocenters. The minimum Gasteiger partial charge on any atom is -0.338 e. The Morgan fingerprint density at radius 1 is 0.943 bits per heavy atom. The van der Waals surface area contributed by atoms with Gasteiger partial charge in [0.15, 0.2) is 0 Å². The molecule has 184 valence electrons. The van der Waals surface area contributed by atoms with Gasteiger partial charge in [-0.1, -0.05) is 36.8 Å². The highest BCUT2D eigenvalue weighted by Crippen LogP contribution is 2.30. The lowest BCUT2D eigenvalue weighted by molar-refractivity contribution is -0.137. The normalized spacial score (nSPS) is 16.8. The highest BCUT2D eigenvalue weighted by atomic mass is 32.1. The predicted molar refractivity (Wildman–Crippen MR) is 138 cm³/mol. The number of thiophene rings is 1. The summed E-state index contributed by atoms with van der Waals surface area (Å²) in [6.45, 7) is 8.43. The number of nitrogens with zero attached hydrogens (tertiary/aromatic N) is 4. The molecule has 0 aliphatic carbocycles. The molecule has 4 heterocycles. The number of amides is 2. The number of hydrogen-bond donors (Lipinski definition) is 0. The summed E-state index contributed by atoms with van der Waals surface area (Å²) in [5, 5.41) is 0.586. The van der Waals surface area contributed by atoms with E-state index in [0.717, 1.165) is 42.6 Å². The highest BCUT2D eigenvalue weighted by molar-refractivity contribution is 7.20. The minimum atomic E-state index is -0.624. The van der Waals surface area contributed by atoms with E-state index < -0.39 is 5.41 Å². The molecule has 7 nitrogen and oxygen atoms in total. The van der Waals surface area contributed by atoms with Gasteiger partial charge in [0.05, 0.1) is 15.7 Å². The van der Waals surface area contributed by atoms with Gasteiger partial charge in [0.1, 0.15) is 10.7 Å². The van der Waals surface area contributed by atoms with Crippen LogP contribution in [0.2, 0.25) is 0 Å². The number of piperazine rings is 1. The Labute approximate surface area is 209 Å². The summed E-state index contributed by atoms with van der Waals surface area (Å²) >= 11 is 1.33. The molecule has 0 bridgehead atoms. The van der Waals surface area contributed by atoms with E-state index in [0.29, 0.717) is 47.8 Å². The smallest absolute Gasteiger partial charge is 0.264 e. The van der Waals surface area contributed by atoms with Crippen LogP contribution in [-0.4, -0.2) is 57.3 Å². The van der Waals surface area contributed by atoms with E-state index in [4.69, 9.17) is 4.98 Å². The van der Waals surface area contributed by atoms with Gasteiger partial charge in [0, 0.05) is 39.1 Å². The number of carbonyl (C=O) groups is 2. The van der Waals surface area contributed by atoms with Crippen molar-refractivity contribution in [1.82, 2.24) is 19.4 Å². The van der Waals surface area contributed by atoms with E-state index in [-0.39, 0.29) is 17.4 Å². The van der Waals surface area contributed by atoms with Gasteiger partial charge < -0.3 is 9.80 Å². The number of rotatable bonds is 3. The molecule has 1 fully saturated rings. The summed E-state index contributed by atoms with van der Waals surface area (Å²) in [6.07, 6.45) is 3.94. The summed E-state index contributed by atoms with van der Waals surface area (Å²) in [5.74, 6) is 0.848. The monoisotopic (exact) mass is 492 g/mol. The van der Waals surface area contributed by atoms with Gasteiger partial charge in [-0.15, -0.1) is 11.3 Å². The topological polar surface area (TPSA) is 75.5 Å². The molecule has 1 aromatic carbocycles. The molecule has 0 N–H and O–H groups in total. The van der Waals surface area contributed by atoms with E-state index in [2.05, 4.69) is 0 Å². The minimum absolute atomic E-state index is 0.0155. The van der Waals surface area contributed by atoms with Crippen LogP contribution in [0.4, 0.5) is 0 Å². The van der Waals surface area contributed by atoms with Crippen LogP contribution in [0.3, 0.4) is 0 Å². The molecule has 0 saturated carbocycles. The second-order valence-electron chi connectivity index (χ2n) is 10.1. The molecular formula is C27H32N4O3S. The number of aromatic nitrogens is 2. The quantitative estimate of drug-likeness (QED) is 0.558. The van der Waals surface area contributed by atoms with Crippen molar-refractivity contribution in [2.45, 2.75) is 58.4 Å². The van der Waals surface area contributed by atoms with Gasteiger partial charge in [-0.05, 0) is 44.7 Å². The van der Waals surface area contributed by atoms with Crippen LogP contribution in [0, 0.1) is 6.92 Å². The van der Waals surface area contributed by atoms with Crippen molar-refractivity contribution in [2.75, 3.05) is 26.2 Å². The van der Waals surface area contributed by atoms with Crippen LogP contribution in [0.5, 0.6) is 0 Å². The molecule has 0 spiro atoms.